The zero-order valence-corrected chi connectivity index (χ0v) is 15.5. The number of rotatable bonds is 2. The highest BCUT2D eigenvalue weighted by Gasteiger charge is 2.36. The minimum absolute atomic E-state index is 0.145. The Hall–Kier alpha value is -2.14. The van der Waals surface area contributed by atoms with Crippen molar-refractivity contribution in [3.63, 3.8) is 0 Å². The van der Waals surface area contributed by atoms with Gasteiger partial charge in [-0.2, -0.15) is 0 Å². The molecule has 4 rings (SSSR count). The van der Waals surface area contributed by atoms with E-state index in [9.17, 15) is 9.59 Å². The topological polar surface area (TPSA) is 53.8 Å². The Labute approximate surface area is 153 Å². The molecule has 1 aromatic carbocycles. The van der Waals surface area contributed by atoms with Gasteiger partial charge >= 0.3 is 5.63 Å². The Kier molecular flexibility index (Phi) is 4.57. The van der Waals surface area contributed by atoms with Crippen LogP contribution in [0.25, 0.3) is 11.0 Å². The lowest BCUT2D eigenvalue weighted by Gasteiger charge is -2.41. The van der Waals surface area contributed by atoms with Crippen LogP contribution in [0, 0.1) is 0 Å². The van der Waals surface area contributed by atoms with E-state index in [0.29, 0.717) is 36.8 Å². The molecule has 3 atom stereocenters. The van der Waals surface area contributed by atoms with Crippen LogP contribution in [0.2, 0.25) is 0 Å². The van der Waals surface area contributed by atoms with Crippen LogP contribution in [0.5, 0.6) is 0 Å². The first kappa shape index (κ1) is 17.3. The van der Waals surface area contributed by atoms with Gasteiger partial charge < -0.3 is 9.32 Å². The molecule has 1 aromatic heterocycles. The molecule has 2 aromatic rings. The minimum Gasteiger partial charge on any atom is -0.422 e. The number of para-hydroxylation sites is 1. The Morgan fingerprint density at radius 3 is 2.62 bits per heavy atom. The van der Waals surface area contributed by atoms with Gasteiger partial charge in [-0.05, 0) is 51.7 Å². The van der Waals surface area contributed by atoms with Gasteiger partial charge in [0.15, 0.2) is 0 Å². The number of benzene rings is 1. The van der Waals surface area contributed by atoms with Gasteiger partial charge in [0.05, 0.1) is 0 Å². The molecule has 26 heavy (non-hydrogen) atoms. The average Bonchev–Trinajstić information content (AvgIpc) is 2.99. The summed E-state index contributed by atoms with van der Waals surface area (Å²) in [6, 6.07) is 10.5. The lowest BCUT2D eigenvalue weighted by Crippen LogP contribution is -2.53. The van der Waals surface area contributed by atoms with Crippen molar-refractivity contribution in [2.24, 2.45) is 0 Å². The molecule has 0 saturated carbocycles. The molecule has 0 bridgehead atoms. The molecule has 2 aliphatic heterocycles. The van der Waals surface area contributed by atoms with E-state index in [-0.39, 0.29) is 11.5 Å². The highest BCUT2D eigenvalue weighted by molar-refractivity contribution is 5.96. The first-order valence-corrected chi connectivity index (χ1v) is 9.64. The highest BCUT2D eigenvalue weighted by Crippen LogP contribution is 2.30. The van der Waals surface area contributed by atoms with Gasteiger partial charge in [0.25, 0.3) is 5.91 Å². The van der Waals surface area contributed by atoms with Gasteiger partial charge in [-0.1, -0.05) is 18.2 Å². The molecule has 0 N–H and O–H groups in total. The van der Waals surface area contributed by atoms with Crippen LogP contribution in [0.4, 0.5) is 0 Å². The minimum atomic E-state index is -0.543. The molecule has 0 spiro atoms. The van der Waals surface area contributed by atoms with Crippen molar-refractivity contribution in [1.29, 1.82) is 0 Å². The van der Waals surface area contributed by atoms with Crippen LogP contribution < -0.4 is 5.63 Å². The van der Waals surface area contributed by atoms with Crippen LogP contribution in [-0.4, -0.2) is 46.9 Å². The van der Waals surface area contributed by atoms with E-state index >= 15 is 0 Å². The number of hydrogen-bond acceptors (Lipinski definition) is 4. The highest BCUT2D eigenvalue weighted by atomic mass is 16.4. The quantitative estimate of drug-likeness (QED) is 0.777. The van der Waals surface area contributed by atoms with E-state index in [1.807, 2.05) is 23.1 Å². The summed E-state index contributed by atoms with van der Waals surface area (Å²) in [7, 11) is 0. The van der Waals surface area contributed by atoms with Crippen LogP contribution in [0.1, 0.15) is 49.9 Å². The number of nitrogens with zero attached hydrogens (tertiary/aromatic N) is 2. The van der Waals surface area contributed by atoms with E-state index < -0.39 is 5.63 Å². The Balaban J connectivity index is 1.58. The first-order chi connectivity index (χ1) is 12.5. The fraction of sp³-hybridized carbons (Fsp3) is 0.524. The van der Waals surface area contributed by atoms with Crippen LogP contribution in [0.3, 0.4) is 0 Å². The van der Waals surface area contributed by atoms with E-state index in [4.69, 9.17) is 4.42 Å². The molecule has 5 heteroatoms. The van der Waals surface area contributed by atoms with Crippen LogP contribution in [0.15, 0.2) is 39.5 Å². The standard InChI is InChI=1S/C21H26N2O3/c1-14-9-10-15(2)23(14)17-7-5-11-22(13-17)20(24)18-12-16-6-3-4-8-19(16)26-21(18)25/h3-4,6,8,12,14-15,17H,5,7,9-11,13H2,1-2H3. The van der Waals surface area contributed by atoms with E-state index in [1.165, 1.54) is 12.8 Å². The number of piperidine rings is 1. The Bertz CT molecular complexity index is 865. The van der Waals surface area contributed by atoms with E-state index in [1.54, 1.807) is 12.1 Å². The lowest BCUT2D eigenvalue weighted by atomic mass is 10.0. The van der Waals surface area contributed by atoms with Crippen molar-refractivity contribution in [2.45, 2.75) is 57.7 Å². The molecule has 2 fully saturated rings. The van der Waals surface area contributed by atoms with Crippen molar-refractivity contribution < 1.29 is 9.21 Å². The molecular weight excluding hydrogens is 328 g/mol. The molecule has 2 aliphatic rings. The zero-order valence-electron chi connectivity index (χ0n) is 15.5. The van der Waals surface area contributed by atoms with Gasteiger partial charge in [0, 0.05) is 36.6 Å². The largest absolute Gasteiger partial charge is 0.422 e. The predicted molar refractivity (Wildman–Crippen MR) is 101 cm³/mol. The maximum absolute atomic E-state index is 13.0. The summed E-state index contributed by atoms with van der Waals surface area (Å²) in [6.07, 6.45) is 4.54. The summed E-state index contributed by atoms with van der Waals surface area (Å²) < 4.78 is 5.35. The second-order valence-electron chi connectivity index (χ2n) is 7.76. The zero-order chi connectivity index (χ0) is 18.3. The van der Waals surface area contributed by atoms with E-state index in [2.05, 4.69) is 18.7 Å². The van der Waals surface area contributed by atoms with Gasteiger partial charge in [0.2, 0.25) is 0 Å². The van der Waals surface area contributed by atoms with Crippen molar-refractivity contribution in [2.75, 3.05) is 13.1 Å². The monoisotopic (exact) mass is 354 g/mol. The molecule has 2 saturated heterocycles. The fourth-order valence-corrected chi connectivity index (χ4v) is 4.70. The van der Waals surface area contributed by atoms with Crippen molar-refractivity contribution in [3.8, 4) is 0 Å². The van der Waals surface area contributed by atoms with Gasteiger partial charge in [-0.25, -0.2) is 4.79 Å². The second-order valence-corrected chi connectivity index (χ2v) is 7.76. The van der Waals surface area contributed by atoms with Crippen LogP contribution in [-0.2, 0) is 0 Å². The number of fused-ring (bicyclic) bond motifs is 1. The Morgan fingerprint density at radius 1 is 1.12 bits per heavy atom. The number of amides is 1. The molecule has 138 valence electrons. The molecule has 5 nitrogen and oxygen atoms in total. The molecule has 1 amide bonds. The number of carbonyl (C=O) groups is 1. The van der Waals surface area contributed by atoms with Gasteiger partial charge in [-0.15, -0.1) is 0 Å². The molecule has 0 radical (unpaired) electrons. The average molecular weight is 354 g/mol. The van der Waals surface area contributed by atoms with Gasteiger partial charge in [0.1, 0.15) is 11.1 Å². The normalized spacial score (nSPS) is 27.2. The second kappa shape index (κ2) is 6.88. The summed E-state index contributed by atoms with van der Waals surface area (Å²) in [5.74, 6) is -0.200. The third-order valence-corrected chi connectivity index (χ3v) is 6.00. The lowest BCUT2D eigenvalue weighted by molar-refractivity contribution is 0.0484. The molecule has 3 heterocycles. The maximum Gasteiger partial charge on any atom is 0.349 e. The smallest absolute Gasteiger partial charge is 0.349 e. The summed E-state index contributed by atoms with van der Waals surface area (Å²) in [5.41, 5.74) is 0.121. The van der Waals surface area contributed by atoms with Crippen LogP contribution >= 0.6 is 0 Å². The number of carbonyl (C=O) groups excluding carboxylic acids is 1. The third kappa shape index (κ3) is 3.05. The van der Waals surface area contributed by atoms with Gasteiger partial charge in [-0.3, -0.25) is 9.69 Å². The summed E-state index contributed by atoms with van der Waals surface area (Å²) in [5, 5.41) is 0.783. The van der Waals surface area contributed by atoms with E-state index in [0.717, 1.165) is 18.2 Å². The predicted octanol–water partition coefficient (Wildman–Crippen LogP) is 3.27. The fourth-order valence-electron chi connectivity index (χ4n) is 4.70. The Morgan fingerprint density at radius 2 is 1.85 bits per heavy atom. The summed E-state index contributed by atoms with van der Waals surface area (Å²) in [6.45, 7) is 5.96. The number of likely N-dealkylation sites (tertiary alicyclic amines) is 2. The molecular formula is C21H26N2O3. The van der Waals surface area contributed by atoms with Crippen molar-refractivity contribution in [1.82, 2.24) is 9.80 Å². The summed E-state index contributed by atoms with van der Waals surface area (Å²) in [4.78, 5) is 29.8. The third-order valence-electron chi connectivity index (χ3n) is 6.00. The maximum atomic E-state index is 13.0. The molecule has 3 unspecified atom stereocenters. The summed E-state index contributed by atoms with van der Waals surface area (Å²) >= 11 is 0. The van der Waals surface area contributed by atoms with Crippen molar-refractivity contribution in [3.05, 3.63) is 46.3 Å². The van der Waals surface area contributed by atoms with Crippen molar-refractivity contribution >= 4 is 16.9 Å². The molecule has 0 aliphatic carbocycles. The first-order valence-electron chi connectivity index (χ1n) is 9.64. The number of hydrogen-bond donors (Lipinski definition) is 0. The SMILES string of the molecule is CC1CCC(C)N1C1CCCN(C(=O)c2cc3ccccc3oc2=O)C1.